The van der Waals surface area contributed by atoms with Crippen LogP contribution in [-0.2, 0) is 0 Å². The van der Waals surface area contributed by atoms with Crippen molar-refractivity contribution >= 4 is 5.91 Å². The fourth-order valence-corrected chi connectivity index (χ4v) is 2.86. The fraction of sp³-hybridized carbons (Fsp3) is 0.571. The monoisotopic (exact) mass is 287 g/mol. The second-order valence-electron chi connectivity index (χ2n) is 5.80. The van der Waals surface area contributed by atoms with Gasteiger partial charge in [-0.25, -0.2) is 4.68 Å². The molecule has 2 aromatic heterocycles. The lowest BCUT2D eigenvalue weighted by Gasteiger charge is -2.31. The average molecular weight is 287 g/mol. The van der Waals surface area contributed by atoms with Crippen LogP contribution in [0, 0.1) is 0 Å². The second kappa shape index (κ2) is 4.98. The molecule has 1 aliphatic carbocycles. The van der Waals surface area contributed by atoms with Crippen LogP contribution in [0.15, 0.2) is 23.0 Å². The summed E-state index contributed by atoms with van der Waals surface area (Å²) in [5.74, 6) is 1.32. The van der Waals surface area contributed by atoms with Gasteiger partial charge in [-0.05, 0) is 25.7 Å². The molecule has 0 unspecified atom stereocenters. The van der Waals surface area contributed by atoms with Crippen molar-refractivity contribution in [1.82, 2.24) is 25.1 Å². The Labute approximate surface area is 121 Å². The van der Waals surface area contributed by atoms with Crippen LogP contribution in [0.3, 0.4) is 0 Å². The molecule has 1 saturated heterocycles. The second-order valence-corrected chi connectivity index (χ2v) is 5.80. The third-order valence-corrected chi connectivity index (χ3v) is 4.29. The van der Waals surface area contributed by atoms with E-state index in [9.17, 15) is 4.79 Å². The number of rotatable bonds is 3. The van der Waals surface area contributed by atoms with Crippen LogP contribution in [0.4, 0.5) is 0 Å². The standard InChI is InChI=1S/C14H17N5O2/c20-14(12-9-13(21-16-12)10-1-2-10)18-6-3-11(4-7-18)19-8-5-15-17-19/h5,8-11H,1-4,6-7H2. The van der Waals surface area contributed by atoms with Gasteiger partial charge >= 0.3 is 0 Å². The molecular weight excluding hydrogens is 270 g/mol. The summed E-state index contributed by atoms with van der Waals surface area (Å²) in [5.41, 5.74) is 0.441. The van der Waals surface area contributed by atoms with E-state index >= 15 is 0 Å². The van der Waals surface area contributed by atoms with E-state index in [1.165, 1.54) is 0 Å². The van der Waals surface area contributed by atoms with Gasteiger partial charge in [-0.2, -0.15) is 0 Å². The topological polar surface area (TPSA) is 77.0 Å². The first-order valence-electron chi connectivity index (χ1n) is 7.43. The van der Waals surface area contributed by atoms with Crippen LogP contribution in [-0.4, -0.2) is 44.0 Å². The molecule has 0 N–H and O–H groups in total. The number of carbonyl (C=O) groups is 1. The highest BCUT2D eigenvalue weighted by Crippen LogP contribution is 2.40. The zero-order valence-corrected chi connectivity index (χ0v) is 11.7. The van der Waals surface area contributed by atoms with Crippen LogP contribution in [0.2, 0.25) is 0 Å². The summed E-state index contributed by atoms with van der Waals surface area (Å²) >= 11 is 0. The maximum absolute atomic E-state index is 12.4. The smallest absolute Gasteiger partial charge is 0.276 e. The van der Waals surface area contributed by atoms with E-state index in [0.717, 1.165) is 44.5 Å². The first-order valence-corrected chi connectivity index (χ1v) is 7.43. The van der Waals surface area contributed by atoms with Gasteiger partial charge in [-0.1, -0.05) is 10.4 Å². The Balaban J connectivity index is 1.39. The van der Waals surface area contributed by atoms with Gasteiger partial charge in [0.1, 0.15) is 5.76 Å². The van der Waals surface area contributed by atoms with Crippen molar-refractivity contribution in [2.45, 2.75) is 37.6 Å². The fourth-order valence-electron chi connectivity index (χ4n) is 2.86. The van der Waals surface area contributed by atoms with Crippen molar-refractivity contribution in [3.63, 3.8) is 0 Å². The van der Waals surface area contributed by atoms with Gasteiger partial charge in [-0.15, -0.1) is 5.10 Å². The van der Waals surface area contributed by atoms with Crippen LogP contribution in [0.25, 0.3) is 0 Å². The van der Waals surface area contributed by atoms with Crippen LogP contribution in [0.5, 0.6) is 0 Å². The van der Waals surface area contributed by atoms with Gasteiger partial charge in [0.25, 0.3) is 5.91 Å². The molecule has 0 atom stereocenters. The van der Waals surface area contributed by atoms with Gasteiger partial charge in [0.2, 0.25) is 0 Å². The maximum Gasteiger partial charge on any atom is 0.276 e. The molecule has 7 nitrogen and oxygen atoms in total. The normalized spacial score (nSPS) is 19.9. The highest BCUT2D eigenvalue weighted by atomic mass is 16.5. The largest absolute Gasteiger partial charge is 0.360 e. The molecule has 2 aliphatic rings. The predicted octanol–water partition coefficient (Wildman–Crippen LogP) is 1.62. The molecule has 0 radical (unpaired) electrons. The van der Waals surface area contributed by atoms with Crippen LogP contribution in [0.1, 0.15) is 53.9 Å². The lowest BCUT2D eigenvalue weighted by Crippen LogP contribution is -2.39. The molecule has 0 bridgehead atoms. The molecule has 21 heavy (non-hydrogen) atoms. The number of nitrogens with zero attached hydrogens (tertiary/aromatic N) is 5. The van der Waals surface area contributed by atoms with E-state index in [1.807, 2.05) is 21.8 Å². The number of amides is 1. The van der Waals surface area contributed by atoms with Crippen molar-refractivity contribution in [3.8, 4) is 0 Å². The lowest BCUT2D eigenvalue weighted by atomic mass is 10.0. The average Bonchev–Trinajstić information content (AvgIpc) is 3.05. The van der Waals surface area contributed by atoms with E-state index in [-0.39, 0.29) is 5.91 Å². The zero-order chi connectivity index (χ0) is 14.2. The lowest BCUT2D eigenvalue weighted by molar-refractivity contribution is 0.0678. The summed E-state index contributed by atoms with van der Waals surface area (Å²) in [6.45, 7) is 1.43. The molecular formula is C14H17N5O2. The minimum atomic E-state index is -0.0253. The Kier molecular flexibility index (Phi) is 2.98. The van der Waals surface area contributed by atoms with Crippen LogP contribution < -0.4 is 0 Å². The summed E-state index contributed by atoms with van der Waals surface area (Å²) in [6, 6.07) is 2.14. The Bertz CT molecular complexity index is 624. The molecule has 110 valence electrons. The van der Waals surface area contributed by atoms with E-state index in [0.29, 0.717) is 17.7 Å². The molecule has 2 aromatic rings. The molecule has 3 heterocycles. The summed E-state index contributed by atoms with van der Waals surface area (Å²) in [5, 5.41) is 11.8. The predicted molar refractivity (Wildman–Crippen MR) is 72.7 cm³/mol. The zero-order valence-electron chi connectivity index (χ0n) is 11.7. The highest BCUT2D eigenvalue weighted by Gasteiger charge is 2.31. The molecule has 2 fully saturated rings. The quantitative estimate of drug-likeness (QED) is 0.857. The summed E-state index contributed by atoms with van der Waals surface area (Å²) in [6.07, 6.45) is 7.64. The third kappa shape index (κ3) is 2.43. The molecule has 0 spiro atoms. The maximum atomic E-state index is 12.4. The first-order chi connectivity index (χ1) is 10.3. The van der Waals surface area contributed by atoms with Crippen molar-refractivity contribution in [2.24, 2.45) is 0 Å². The number of carbonyl (C=O) groups excluding carboxylic acids is 1. The van der Waals surface area contributed by atoms with Gasteiger partial charge in [0.05, 0.1) is 12.2 Å². The minimum Gasteiger partial charge on any atom is -0.360 e. The number of aromatic nitrogens is 4. The molecule has 1 amide bonds. The summed E-state index contributed by atoms with van der Waals surface area (Å²) in [4.78, 5) is 14.3. The number of likely N-dealkylation sites (tertiary alicyclic amines) is 1. The van der Waals surface area contributed by atoms with E-state index in [2.05, 4.69) is 15.5 Å². The van der Waals surface area contributed by atoms with Gasteiger partial charge < -0.3 is 9.42 Å². The van der Waals surface area contributed by atoms with Gasteiger partial charge in [-0.3, -0.25) is 4.79 Å². The Morgan fingerprint density at radius 1 is 1.24 bits per heavy atom. The van der Waals surface area contributed by atoms with Crippen molar-refractivity contribution in [1.29, 1.82) is 0 Å². The number of hydrogen-bond donors (Lipinski definition) is 0. The molecule has 0 aromatic carbocycles. The molecule has 4 rings (SSSR count). The minimum absolute atomic E-state index is 0.0253. The molecule has 1 aliphatic heterocycles. The SMILES string of the molecule is O=C(c1cc(C2CC2)on1)N1CCC(n2ccnn2)CC1. The van der Waals surface area contributed by atoms with Crippen molar-refractivity contribution in [2.75, 3.05) is 13.1 Å². The Morgan fingerprint density at radius 3 is 2.71 bits per heavy atom. The van der Waals surface area contributed by atoms with Gasteiger partial charge in [0.15, 0.2) is 5.69 Å². The van der Waals surface area contributed by atoms with Gasteiger partial charge in [0, 0.05) is 31.3 Å². The Hall–Kier alpha value is -2.18. The highest BCUT2D eigenvalue weighted by molar-refractivity contribution is 5.92. The molecule has 1 saturated carbocycles. The summed E-state index contributed by atoms with van der Waals surface area (Å²) in [7, 11) is 0. The van der Waals surface area contributed by atoms with E-state index in [1.54, 1.807) is 6.20 Å². The summed E-state index contributed by atoms with van der Waals surface area (Å²) < 4.78 is 7.14. The number of hydrogen-bond acceptors (Lipinski definition) is 5. The third-order valence-electron chi connectivity index (χ3n) is 4.29. The Morgan fingerprint density at radius 2 is 2.05 bits per heavy atom. The molecule has 7 heteroatoms. The van der Waals surface area contributed by atoms with E-state index in [4.69, 9.17) is 4.52 Å². The number of piperidine rings is 1. The van der Waals surface area contributed by atoms with E-state index < -0.39 is 0 Å². The van der Waals surface area contributed by atoms with Crippen LogP contribution >= 0.6 is 0 Å². The first kappa shape index (κ1) is 12.6. The van der Waals surface area contributed by atoms with Crippen molar-refractivity contribution in [3.05, 3.63) is 29.9 Å². The van der Waals surface area contributed by atoms with Crippen molar-refractivity contribution < 1.29 is 9.32 Å².